The van der Waals surface area contributed by atoms with Gasteiger partial charge in [-0.25, -0.2) is 0 Å². The van der Waals surface area contributed by atoms with Crippen LogP contribution < -0.4 is 0 Å². The molecule has 54 valence electrons. The summed E-state index contributed by atoms with van der Waals surface area (Å²) in [7, 11) is 0. The molecule has 0 N–H and O–H groups in total. The van der Waals surface area contributed by atoms with Crippen LogP contribution in [0, 0.1) is 11.3 Å². The first kappa shape index (κ1) is 7.46. The Labute approximate surface area is 63.4 Å². The van der Waals surface area contributed by atoms with E-state index in [0.29, 0.717) is 5.41 Å². The number of thiol groups is 1. The van der Waals surface area contributed by atoms with E-state index in [1.807, 2.05) is 0 Å². The van der Waals surface area contributed by atoms with Gasteiger partial charge >= 0.3 is 0 Å². The molecule has 0 bridgehead atoms. The minimum Gasteiger partial charge on any atom is -0.179 e. The van der Waals surface area contributed by atoms with Crippen LogP contribution in [0.3, 0.4) is 0 Å². The number of hydrogen-bond acceptors (Lipinski definition) is 1. The lowest BCUT2D eigenvalue weighted by Crippen LogP contribution is -2.36. The van der Waals surface area contributed by atoms with Crippen molar-refractivity contribution < 1.29 is 0 Å². The zero-order valence-corrected chi connectivity index (χ0v) is 7.25. The van der Waals surface area contributed by atoms with Gasteiger partial charge in [-0.3, -0.25) is 0 Å². The number of hydrogen-bond donors (Lipinski definition) is 1. The summed E-state index contributed by atoms with van der Waals surface area (Å²) in [4.78, 5) is 0. The van der Waals surface area contributed by atoms with Gasteiger partial charge in [0.15, 0.2) is 0 Å². The van der Waals surface area contributed by atoms with Gasteiger partial charge in [-0.1, -0.05) is 20.3 Å². The highest BCUT2D eigenvalue weighted by atomic mass is 32.1. The Bertz CT molecular complexity index is 87.2. The van der Waals surface area contributed by atoms with Crippen LogP contribution in [0.25, 0.3) is 0 Å². The third-order valence-electron chi connectivity index (χ3n) is 2.89. The Balaban J connectivity index is 2.46. The fourth-order valence-electron chi connectivity index (χ4n) is 1.55. The highest BCUT2D eigenvalue weighted by molar-refractivity contribution is 7.80. The van der Waals surface area contributed by atoms with E-state index in [-0.39, 0.29) is 0 Å². The molecule has 0 aliphatic heterocycles. The topological polar surface area (TPSA) is 0 Å². The molecule has 0 saturated heterocycles. The molecular formula is C8H16S. The Morgan fingerprint density at radius 1 is 1.44 bits per heavy atom. The maximum absolute atomic E-state index is 4.37. The molecule has 0 aromatic carbocycles. The first-order chi connectivity index (χ1) is 4.21. The summed E-state index contributed by atoms with van der Waals surface area (Å²) in [6, 6.07) is 0. The third kappa shape index (κ3) is 1.12. The van der Waals surface area contributed by atoms with E-state index >= 15 is 0 Å². The average Bonchev–Trinajstić information content (AvgIpc) is 1.62. The molecule has 0 aromatic heterocycles. The first-order valence-corrected chi connectivity index (χ1v) is 4.45. The van der Waals surface area contributed by atoms with Crippen molar-refractivity contribution in [3.8, 4) is 0 Å². The van der Waals surface area contributed by atoms with Gasteiger partial charge in [-0.15, -0.1) is 0 Å². The first-order valence-electron chi connectivity index (χ1n) is 3.82. The van der Waals surface area contributed by atoms with Gasteiger partial charge in [0.25, 0.3) is 0 Å². The van der Waals surface area contributed by atoms with Crippen LogP contribution in [0.5, 0.6) is 0 Å². The van der Waals surface area contributed by atoms with E-state index in [2.05, 4.69) is 26.5 Å². The summed E-state index contributed by atoms with van der Waals surface area (Å²) in [5.74, 6) is 1.92. The summed E-state index contributed by atoms with van der Waals surface area (Å²) in [5.41, 5.74) is 0.628. The Morgan fingerprint density at radius 3 is 2.00 bits per heavy atom. The molecule has 0 radical (unpaired) electrons. The average molecular weight is 144 g/mol. The minimum atomic E-state index is 0.628. The van der Waals surface area contributed by atoms with Crippen molar-refractivity contribution in [2.24, 2.45) is 11.3 Å². The monoisotopic (exact) mass is 144 g/mol. The van der Waals surface area contributed by atoms with Gasteiger partial charge in [0.1, 0.15) is 0 Å². The predicted molar refractivity (Wildman–Crippen MR) is 45.0 cm³/mol. The molecule has 0 atom stereocenters. The number of rotatable bonds is 2. The van der Waals surface area contributed by atoms with Crippen LogP contribution in [0.1, 0.15) is 33.1 Å². The minimum absolute atomic E-state index is 0.628. The van der Waals surface area contributed by atoms with E-state index in [0.717, 1.165) is 11.7 Å². The molecule has 0 aromatic rings. The van der Waals surface area contributed by atoms with Crippen molar-refractivity contribution in [2.45, 2.75) is 33.1 Å². The van der Waals surface area contributed by atoms with Crippen molar-refractivity contribution in [1.29, 1.82) is 0 Å². The SMILES string of the molecule is CC(C)C1(CS)CCC1. The van der Waals surface area contributed by atoms with Gasteiger partial charge < -0.3 is 0 Å². The van der Waals surface area contributed by atoms with E-state index in [1.165, 1.54) is 19.3 Å². The Morgan fingerprint density at radius 2 is 2.00 bits per heavy atom. The van der Waals surface area contributed by atoms with E-state index in [9.17, 15) is 0 Å². The molecule has 0 unspecified atom stereocenters. The molecule has 1 aliphatic rings. The van der Waals surface area contributed by atoms with Crippen LogP contribution in [-0.4, -0.2) is 5.75 Å². The molecule has 1 heteroatoms. The molecule has 0 amide bonds. The van der Waals surface area contributed by atoms with Crippen LogP contribution in [0.4, 0.5) is 0 Å². The zero-order chi connectivity index (χ0) is 6.91. The van der Waals surface area contributed by atoms with Crippen molar-refractivity contribution in [3.05, 3.63) is 0 Å². The summed E-state index contributed by atoms with van der Waals surface area (Å²) in [6.07, 6.45) is 4.25. The van der Waals surface area contributed by atoms with E-state index < -0.39 is 0 Å². The maximum atomic E-state index is 4.37. The standard InChI is InChI=1S/C8H16S/c1-7(2)8(6-9)4-3-5-8/h7,9H,3-6H2,1-2H3. The third-order valence-corrected chi connectivity index (χ3v) is 3.52. The second kappa shape index (κ2) is 2.53. The Kier molecular flexibility index (Phi) is 2.10. The van der Waals surface area contributed by atoms with E-state index in [1.54, 1.807) is 0 Å². The molecule has 0 nitrogen and oxygen atoms in total. The van der Waals surface area contributed by atoms with Gasteiger partial charge in [-0.05, 0) is 29.9 Å². The molecule has 9 heavy (non-hydrogen) atoms. The molecule has 0 heterocycles. The van der Waals surface area contributed by atoms with Gasteiger partial charge in [0.05, 0.1) is 0 Å². The molecule has 1 saturated carbocycles. The van der Waals surface area contributed by atoms with Crippen LogP contribution in [-0.2, 0) is 0 Å². The van der Waals surface area contributed by atoms with Crippen LogP contribution >= 0.6 is 12.6 Å². The van der Waals surface area contributed by atoms with E-state index in [4.69, 9.17) is 0 Å². The second-order valence-corrected chi connectivity index (χ2v) is 3.84. The highest BCUT2D eigenvalue weighted by Crippen LogP contribution is 2.47. The smallest absolute Gasteiger partial charge is 0.00387 e. The quantitative estimate of drug-likeness (QED) is 0.566. The molecular weight excluding hydrogens is 128 g/mol. The van der Waals surface area contributed by atoms with Crippen molar-refractivity contribution >= 4 is 12.6 Å². The highest BCUT2D eigenvalue weighted by Gasteiger charge is 2.37. The van der Waals surface area contributed by atoms with Crippen LogP contribution in [0.15, 0.2) is 0 Å². The molecule has 1 rings (SSSR count). The summed E-state index contributed by atoms with van der Waals surface area (Å²) < 4.78 is 0. The summed E-state index contributed by atoms with van der Waals surface area (Å²) in [5, 5.41) is 0. The van der Waals surface area contributed by atoms with Gasteiger partial charge in [0, 0.05) is 0 Å². The summed E-state index contributed by atoms with van der Waals surface area (Å²) in [6.45, 7) is 4.63. The van der Waals surface area contributed by atoms with Crippen molar-refractivity contribution in [1.82, 2.24) is 0 Å². The van der Waals surface area contributed by atoms with Crippen LogP contribution in [0.2, 0.25) is 0 Å². The second-order valence-electron chi connectivity index (χ2n) is 3.53. The van der Waals surface area contributed by atoms with Crippen molar-refractivity contribution in [2.75, 3.05) is 5.75 Å². The normalized spacial score (nSPS) is 24.0. The summed E-state index contributed by atoms with van der Waals surface area (Å²) >= 11 is 4.37. The lowest BCUT2D eigenvalue weighted by molar-refractivity contribution is 0.100. The fraction of sp³-hybridized carbons (Fsp3) is 1.00. The lowest BCUT2D eigenvalue weighted by atomic mass is 9.63. The fourth-order valence-corrected chi connectivity index (χ4v) is 2.23. The van der Waals surface area contributed by atoms with Gasteiger partial charge in [-0.2, -0.15) is 12.6 Å². The van der Waals surface area contributed by atoms with Crippen molar-refractivity contribution in [3.63, 3.8) is 0 Å². The Hall–Kier alpha value is 0.350. The largest absolute Gasteiger partial charge is 0.179 e. The molecule has 1 fully saturated rings. The maximum Gasteiger partial charge on any atom is -0.00387 e. The predicted octanol–water partition coefficient (Wildman–Crippen LogP) is 2.74. The van der Waals surface area contributed by atoms with Gasteiger partial charge in [0.2, 0.25) is 0 Å². The lowest BCUT2D eigenvalue weighted by Gasteiger charge is -2.44. The molecule has 0 spiro atoms. The zero-order valence-electron chi connectivity index (χ0n) is 6.35. The molecule has 1 aliphatic carbocycles.